The minimum atomic E-state index is -0.707. The predicted molar refractivity (Wildman–Crippen MR) is 138 cm³/mol. The summed E-state index contributed by atoms with van der Waals surface area (Å²) in [7, 11) is 0. The molecule has 0 fully saturated rings. The van der Waals surface area contributed by atoms with Crippen LogP contribution >= 0.6 is 22.9 Å². The van der Waals surface area contributed by atoms with Crippen LogP contribution in [-0.2, 0) is 23.9 Å². The topological polar surface area (TPSA) is 144 Å². The number of hydrogen-bond acceptors (Lipinski definition) is 7. The quantitative estimate of drug-likeness (QED) is 0.0861. The standard InChI is InChI=1S/C22H44IN5O5/c1-6-18(29)26-16-22(4,5)15-21(2,3)13-17(28-19(30)14-24)20(31)25-7-9-32-11-12-33-10-8-27-23/h17,27H,6-16,24H2,1-5H3,(H,25,31)(H,26,29)(H,28,30). The number of carbonyl (C=O) groups excluding carboxylic acids is 3. The van der Waals surface area contributed by atoms with Gasteiger partial charge in [-0.1, -0.05) is 34.6 Å². The first-order valence-electron chi connectivity index (χ1n) is 11.5. The van der Waals surface area contributed by atoms with Crippen molar-refractivity contribution in [3.8, 4) is 0 Å². The van der Waals surface area contributed by atoms with Gasteiger partial charge < -0.3 is 31.2 Å². The summed E-state index contributed by atoms with van der Waals surface area (Å²) in [4.78, 5) is 36.3. The Bertz CT molecular complexity index is 590. The van der Waals surface area contributed by atoms with Gasteiger partial charge in [0.25, 0.3) is 0 Å². The summed E-state index contributed by atoms with van der Waals surface area (Å²) >= 11 is 2.06. The lowest BCUT2D eigenvalue weighted by Gasteiger charge is -2.37. The molecule has 0 aromatic carbocycles. The first-order chi connectivity index (χ1) is 15.5. The van der Waals surface area contributed by atoms with Crippen molar-refractivity contribution in [1.29, 1.82) is 0 Å². The molecule has 0 saturated heterocycles. The van der Waals surface area contributed by atoms with E-state index in [1.165, 1.54) is 0 Å². The van der Waals surface area contributed by atoms with Crippen LogP contribution in [0.4, 0.5) is 0 Å². The van der Waals surface area contributed by atoms with Crippen molar-refractivity contribution in [1.82, 2.24) is 19.5 Å². The van der Waals surface area contributed by atoms with Crippen LogP contribution in [-0.4, -0.2) is 76.4 Å². The van der Waals surface area contributed by atoms with Gasteiger partial charge in [-0.15, -0.1) is 0 Å². The van der Waals surface area contributed by atoms with Crippen molar-refractivity contribution in [2.75, 3.05) is 52.6 Å². The summed E-state index contributed by atoms with van der Waals surface area (Å²) in [6.07, 6.45) is 1.64. The van der Waals surface area contributed by atoms with E-state index in [2.05, 4.69) is 70.0 Å². The minimum Gasteiger partial charge on any atom is -0.378 e. The molecule has 0 aromatic rings. The molecule has 6 N–H and O–H groups in total. The number of amides is 3. The number of carbonyl (C=O) groups is 3. The Morgan fingerprint density at radius 3 is 2.06 bits per heavy atom. The fourth-order valence-electron chi connectivity index (χ4n) is 3.71. The number of nitrogens with one attached hydrogen (secondary N) is 4. The van der Waals surface area contributed by atoms with E-state index in [0.717, 1.165) is 13.0 Å². The second-order valence-electron chi connectivity index (χ2n) is 9.56. The van der Waals surface area contributed by atoms with Crippen molar-refractivity contribution in [2.24, 2.45) is 16.6 Å². The van der Waals surface area contributed by atoms with Gasteiger partial charge in [0.2, 0.25) is 17.7 Å². The number of rotatable bonds is 19. The number of ether oxygens (including phenoxy) is 2. The zero-order chi connectivity index (χ0) is 25.3. The van der Waals surface area contributed by atoms with Crippen molar-refractivity contribution in [2.45, 2.75) is 59.9 Å². The molecule has 0 spiro atoms. The molecule has 0 aromatic heterocycles. The Hall–Kier alpha value is -1.02. The fourth-order valence-corrected chi connectivity index (χ4v) is 3.93. The highest BCUT2D eigenvalue weighted by Crippen LogP contribution is 2.36. The molecule has 0 aliphatic carbocycles. The lowest BCUT2D eigenvalue weighted by atomic mass is 9.72. The van der Waals surface area contributed by atoms with E-state index in [1.807, 2.05) is 6.92 Å². The largest absolute Gasteiger partial charge is 0.378 e. The maximum Gasteiger partial charge on any atom is 0.242 e. The van der Waals surface area contributed by atoms with Crippen LogP contribution < -0.4 is 25.2 Å². The second kappa shape index (κ2) is 17.4. The summed E-state index contributed by atoms with van der Waals surface area (Å²) in [6, 6.07) is -0.707. The van der Waals surface area contributed by atoms with Crippen molar-refractivity contribution in [3.63, 3.8) is 0 Å². The Morgan fingerprint density at radius 2 is 1.52 bits per heavy atom. The van der Waals surface area contributed by atoms with Crippen LogP contribution in [0.15, 0.2) is 0 Å². The van der Waals surface area contributed by atoms with E-state index in [1.54, 1.807) is 0 Å². The molecule has 0 rings (SSSR count). The Balaban J connectivity index is 4.69. The van der Waals surface area contributed by atoms with Crippen molar-refractivity contribution >= 4 is 40.6 Å². The molecule has 1 atom stereocenters. The maximum atomic E-state index is 12.8. The van der Waals surface area contributed by atoms with E-state index in [0.29, 0.717) is 52.4 Å². The predicted octanol–water partition coefficient (Wildman–Crippen LogP) is 0.878. The molecule has 10 nitrogen and oxygen atoms in total. The highest BCUT2D eigenvalue weighted by atomic mass is 127. The summed E-state index contributed by atoms with van der Waals surface area (Å²) in [5, 5.41) is 8.50. The van der Waals surface area contributed by atoms with Gasteiger partial charge in [-0.2, -0.15) is 0 Å². The molecule has 0 saturated carbocycles. The lowest BCUT2D eigenvalue weighted by molar-refractivity contribution is -0.129. The summed E-state index contributed by atoms with van der Waals surface area (Å²) in [6.45, 7) is 13.5. The van der Waals surface area contributed by atoms with Gasteiger partial charge in [0.15, 0.2) is 0 Å². The average Bonchev–Trinajstić information content (AvgIpc) is 2.74. The Labute approximate surface area is 212 Å². The highest BCUT2D eigenvalue weighted by Gasteiger charge is 2.34. The maximum absolute atomic E-state index is 12.8. The average molecular weight is 586 g/mol. The molecular formula is C22H44IN5O5. The second-order valence-corrected chi connectivity index (χ2v) is 10.3. The molecule has 33 heavy (non-hydrogen) atoms. The smallest absolute Gasteiger partial charge is 0.242 e. The summed E-state index contributed by atoms with van der Waals surface area (Å²) < 4.78 is 13.8. The molecule has 11 heteroatoms. The molecule has 1 unspecified atom stereocenters. The van der Waals surface area contributed by atoms with Gasteiger partial charge in [-0.05, 0) is 23.7 Å². The third kappa shape index (κ3) is 17.1. The van der Waals surface area contributed by atoms with Gasteiger partial charge >= 0.3 is 0 Å². The SMILES string of the molecule is CCC(=O)NCC(C)(C)CC(C)(C)CC(NC(=O)CN)C(=O)NCCOCCOCCNI. The minimum absolute atomic E-state index is 0.0137. The third-order valence-electron chi connectivity index (χ3n) is 4.89. The van der Waals surface area contributed by atoms with E-state index in [4.69, 9.17) is 15.2 Å². The fraction of sp³-hybridized carbons (Fsp3) is 0.864. The summed E-state index contributed by atoms with van der Waals surface area (Å²) in [5.74, 6) is -0.635. The monoisotopic (exact) mass is 585 g/mol. The zero-order valence-corrected chi connectivity index (χ0v) is 23.0. The normalized spacial score (nSPS) is 12.8. The molecule has 0 bridgehead atoms. The van der Waals surface area contributed by atoms with Crippen LogP contribution in [0.2, 0.25) is 0 Å². The van der Waals surface area contributed by atoms with Crippen molar-refractivity contribution < 1.29 is 23.9 Å². The highest BCUT2D eigenvalue weighted by molar-refractivity contribution is 14.1. The molecule has 3 amide bonds. The molecular weight excluding hydrogens is 541 g/mol. The van der Waals surface area contributed by atoms with Gasteiger partial charge in [0.05, 0.1) is 33.0 Å². The van der Waals surface area contributed by atoms with Crippen molar-refractivity contribution in [3.05, 3.63) is 0 Å². The number of halogens is 1. The number of hydrogen-bond donors (Lipinski definition) is 5. The van der Waals surface area contributed by atoms with Gasteiger partial charge in [-0.3, -0.25) is 17.9 Å². The first-order valence-corrected chi connectivity index (χ1v) is 12.6. The molecule has 0 radical (unpaired) electrons. The summed E-state index contributed by atoms with van der Waals surface area (Å²) in [5.41, 5.74) is 5.00. The zero-order valence-electron chi connectivity index (χ0n) is 20.9. The Kier molecular flexibility index (Phi) is 16.9. The third-order valence-corrected chi connectivity index (χ3v) is 5.43. The van der Waals surface area contributed by atoms with E-state index >= 15 is 0 Å². The molecule has 0 aliphatic heterocycles. The molecule has 194 valence electrons. The van der Waals surface area contributed by atoms with Crippen LogP contribution in [0.5, 0.6) is 0 Å². The van der Waals surface area contributed by atoms with E-state index in [9.17, 15) is 14.4 Å². The molecule has 0 heterocycles. The lowest BCUT2D eigenvalue weighted by Crippen LogP contribution is -2.51. The van der Waals surface area contributed by atoms with Gasteiger partial charge in [0.1, 0.15) is 6.04 Å². The van der Waals surface area contributed by atoms with Gasteiger partial charge in [0, 0.05) is 48.9 Å². The van der Waals surface area contributed by atoms with E-state index < -0.39 is 6.04 Å². The van der Waals surface area contributed by atoms with Crippen LogP contribution in [0.3, 0.4) is 0 Å². The number of nitrogens with two attached hydrogens (primary N) is 1. The van der Waals surface area contributed by atoms with E-state index in [-0.39, 0.29) is 35.1 Å². The van der Waals surface area contributed by atoms with Crippen LogP contribution in [0, 0.1) is 10.8 Å². The first kappa shape index (κ1) is 32.0. The van der Waals surface area contributed by atoms with Crippen LogP contribution in [0.1, 0.15) is 53.9 Å². The molecule has 0 aliphatic rings. The van der Waals surface area contributed by atoms with Crippen LogP contribution in [0.25, 0.3) is 0 Å². The Morgan fingerprint density at radius 1 is 0.909 bits per heavy atom. The van der Waals surface area contributed by atoms with Gasteiger partial charge in [-0.25, -0.2) is 0 Å².